The van der Waals surface area contributed by atoms with Crippen LogP contribution in [0, 0.1) is 0 Å². The van der Waals surface area contributed by atoms with Gasteiger partial charge in [0.15, 0.2) is 0 Å². The minimum Gasteiger partial charge on any atom is -0.491 e. The van der Waals surface area contributed by atoms with Gasteiger partial charge in [0.2, 0.25) is 0 Å². The molecule has 1 aromatic heterocycles. The molecule has 0 bridgehead atoms. The van der Waals surface area contributed by atoms with Crippen LogP contribution < -0.4 is 19.9 Å². The normalized spacial score (nSPS) is 22.5. The van der Waals surface area contributed by atoms with Gasteiger partial charge >= 0.3 is 6.09 Å². The lowest BCUT2D eigenvalue weighted by atomic mass is 10.1. The molecular formula is C21H20ClN3O6S. The van der Waals surface area contributed by atoms with E-state index in [2.05, 4.69) is 5.32 Å². The van der Waals surface area contributed by atoms with Crippen LogP contribution in [0.25, 0.3) is 0 Å². The number of hydrogen-bond donors (Lipinski definition) is 1. The number of nitrogens with zero attached hydrogens (tertiary/aromatic N) is 2. The summed E-state index contributed by atoms with van der Waals surface area (Å²) in [6, 6.07) is 8.35. The van der Waals surface area contributed by atoms with E-state index in [1.54, 1.807) is 40.1 Å². The number of carbonyl (C=O) groups excluding carboxylic acids is 3. The molecule has 0 saturated carbocycles. The molecule has 2 saturated heterocycles. The van der Waals surface area contributed by atoms with Crippen molar-refractivity contribution in [2.75, 3.05) is 42.7 Å². The first-order valence-electron chi connectivity index (χ1n) is 10.2. The quantitative estimate of drug-likeness (QED) is 0.727. The molecule has 4 heterocycles. The Kier molecular flexibility index (Phi) is 5.66. The number of rotatable bonds is 4. The lowest BCUT2D eigenvalue weighted by molar-refractivity contribution is -0.125. The van der Waals surface area contributed by atoms with E-state index < -0.39 is 12.2 Å². The van der Waals surface area contributed by atoms with E-state index in [1.807, 2.05) is 0 Å². The van der Waals surface area contributed by atoms with Gasteiger partial charge in [0.1, 0.15) is 18.5 Å². The topological polar surface area (TPSA) is 97.4 Å². The van der Waals surface area contributed by atoms with Gasteiger partial charge in [-0.1, -0.05) is 11.6 Å². The van der Waals surface area contributed by atoms with Crippen LogP contribution in [-0.4, -0.2) is 63.0 Å². The highest BCUT2D eigenvalue weighted by atomic mass is 35.5. The fourth-order valence-electron chi connectivity index (χ4n) is 4.12. The minimum atomic E-state index is -0.517. The number of carbonyl (C=O) groups is 3. The number of halogens is 1. The number of morpholine rings is 1. The van der Waals surface area contributed by atoms with Gasteiger partial charge in [-0.3, -0.25) is 14.5 Å². The van der Waals surface area contributed by atoms with Crippen LogP contribution in [-0.2, 0) is 14.3 Å². The third-order valence-corrected chi connectivity index (χ3v) is 6.87. The number of ether oxygens (including phenoxy) is 3. The Morgan fingerprint density at radius 3 is 2.88 bits per heavy atom. The van der Waals surface area contributed by atoms with Gasteiger partial charge in [0, 0.05) is 24.7 Å². The average Bonchev–Trinajstić information content (AvgIpc) is 3.29. The molecule has 9 nitrogen and oxygen atoms in total. The Balaban J connectivity index is 1.33. The summed E-state index contributed by atoms with van der Waals surface area (Å²) in [4.78, 5) is 41.0. The maximum Gasteiger partial charge on any atom is 0.415 e. The van der Waals surface area contributed by atoms with E-state index in [1.165, 1.54) is 11.3 Å². The van der Waals surface area contributed by atoms with Crippen molar-refractivity contribution >= 4 is 52.2 Å². The molecular weight excluding hydrogens is 458 g/mol. The highest BCUT2D eigenvalue weighted by Crippen LogP contribution is 2.40. The second kappa shape index (κ2) is 8.61. The second-order valence-corrected chi connectivity index (χ2v) is 9.28. The summed E-state index contributed by atoms with van der Waals surface area (Å²) in [7, 11) is 0. The zero-order chi connectivity index (χ0) is 22.2. The number of amides is 3. The molecule has 3 aliphatic heterocycles. The maximum absolute atomic E-state index is 12.7. The molecule has 32 heavy (non-hydrogen) atoms. The van der Waals surface area contributed by atoms with E-state index >= 15 is 0 Å². The maximum atomic E-state index is 12.7. The number of thiophene rings is 1. The molecule has 2 aromatic rings. The number of fused-ring (bicyclic) bond motifs is 3. The highest BCUT2D eigenvalue weighted by molar-refractivity contribution is 7.18. The standard InChI is InChI=1S/C21H20ClN3O6S/c22-18-4-3-17(32-18)20(27)23-10-16-14-5-7-30-15-9-12(24-6-8-29-11-19(24)26)1-2-13(15)25(14)21(28)31-16/h1-4,9,14,16H,5-8,10-11H2,(H,23,27). The van der Waals surface area contributed by atoms with Crippen LogP contribution >= 0.6 is 22.9 Å². The number of hydrogen-bond acceptors (Lipinski definition) is 7. The van der Waals surface area contributed by atoms with Gasteiger partial charge in [-0.05, 0) is 24.3 Å². The van der Waals surface area contributed by atoms with E-state index in [0.29, 0.717) is 52.5 Å². The van der Waals surface area contributed by atoms with Crippen LogP contribution in [0.1, 0.15) is 16.1 Å². The van der Waals surface area contributed by atoms with Crippen LogP contribution in [0.4, 0.5) is 16.2 Å². The van der Waals surface area contributed by atoms with Crippen molar-refractivity contribution in [1.29, 1.82) is 0 Å². The molecule has 2 atom stereocenters. The van der Waals surface area contributed by atoms with E-state index in [4.69, 9.17) is 25.8 Å². The SMILES string of the molecule is O=C(NCC1OC(=O)N2c3ccc(N4CCOCC4=O)cc3OCCC12)c1ccc(Cl)s1. The third-order valence-electron chi connectivity index (χ3n) is 5.64. The van der Waals surface area contributed by atoms with Crippen LogP contribution in [0.2, 0.25) is 4.34 Å². The van der Waals surface area contributed by atoms with Gasteiger partial charge in [0.25, 0.3) is 11.8 Å². The van der Waals surface area contributed by atoms with Crippen molar-refractivity contribution < 1.29 is 28.6 Å². The van der Waals surface area contributed by atoms with Crippen molar-refractivity contribution in [1.82, 2.24) is 5.32 Å². The first kappa shape index (κ1) is 21.0. The fraction of sp³-hybridized carbons (Fsp3) is 0.381. The number of nitrogens with one attached hydrogen (secondary N) is 1. The number of cyclic esters (lactones) is 1. The largest absolute Gasteiger partial charge is 0.491 e. The summed E-state index contributed by atoms with van der Waals surface area (Å²) in [5.41, 5.74) is 1.28. The van der Waals surface area contributed by atoms with Crippen molar-refractivity contribution in [2.24, 2.45) is 0 Å². The molecule has 3 aliphatic rings. The summed E-state index contributed by atoms with van der Waals surface area (Å²) in [6.07, 6.45) is -0.468. The van der Waals surface area contributed by atoms with Crippen LogP contribution in [0.3, 0.4) is 0 Å². The summed E-state index contributed by atoms with van der Waals surface area (Å²) < 4.78 is 17.2. The third kappa shape index (κ3) is 3.89. The Hall–Kier alpha value is -2.82. The first-order valence-corrected chi connectivity index (χ1v) is 11.4. The molecule has 1 aromatic carbocycles. The van der Waals surface area contributed by atoms with Crippen LogP contribution in [0.5, 0.6) is 5.75 Å². The van der Waals surface area contributed by atoms with E-state index in [-0.39, 0.29) is 31.0 Å². The monoisotopic (exact) mass is 477 g/mol. The van der Waals surface area contributed by atoms with E-state index in [9.17, 15) is 14.4 Å². The van der Waals surface area contributed by atoms with Crippen molar-refractivity contribution in [2.45, 2.75) is 18.6 Å². The molecule has 3 amide bonds. The molecule has 11 heteroatoms. The minimum absolute atomic E-state index is 0.0452. The molecule has 2 fully saturated rings. The highest BCUT2D eigenvalue weighted by Gasteiger charge is 2.45. The molecule has 2 unspecified atom stereocenters. The summed E-state index contributed by atoms with van der Waals surface area (Å²) in [5.74, 6) is 0.131. The summed E-state index contributed by atoms with van der Waals surface area (Å²) >= 11 is 7.09. The van der Waals surface area contributed by atoms with E-state index in [0.717, 1.165) is 0 Å². The van der Waals surface area contributed by atoms with Crippen molar-refractivity contribution in [3.05, 3.63) is 39.5 Å². The van der Waals surface area contributed by atoms with Gasteiger partial charge in [0.05, 0.1) is 40.7 Å². The molecule has 168 valence electrons. The molecule has 1 N–H and O–H groups in total. The van der Waals surface area contributed by atoms with Gasteiger partial charge in [-0.15, -0.1) is 11.3 Å². The predicted molar refractivity (Wildman–Crippen MR) is 118 cm³/mol. The van der Waals surface area contributed by atoms with Crippen molar-refractivity contribution in [3.63, 3.8) is 0 Å². The molecule has 0 radical (unpaired) electrons. The molecule has 0 spiro atoms. The summed E-state index contributed by atoms with van der Waals surface area (Å²) in [6.45, 7) is 1.52. The second-order valence-electron chi connectivity index (χ2n) is 7.56. The number of anilines is 2. The zero-order valence-corrected chi connectivity index (χ0v) is 18.5. The first-order chi connectivity index (χ1) is 15.5. The lowest BCUT2D eigenvalue weighted by Crippen LogP contribution is -2.42. The van der Waals surface area contributed by atoms with Crippen molar-refractivity contribution in [3.8, 4) is 5.75 Å². The average molecular weight is 478 g/mol. The molecule has 0 aliphatic carbocycles. The van der Waals surface area contributed by atoms with Gasteiger partial charge in [-0.25, -0.2) is 4.79 Å². The van der Waals surface area contributed by atoms with Gasteiger partial charge < -0.3 is 24.4 Å². The molecule has 5 rings (SSSR count). The fourth-order valence-corrected chi connectivity index (χ4v) is 5.08. The Bertz CT molecular complexity index is 1080. The zero-order valence-electron chi connectivity index (χ0n) is 16.9. The van der Waals surface area contributed by atoms with Gasteiger partial charge in [-0.2, -0.15) is 0 Å². The number of benzene rings is 1. The summed E-state index contributed by atoms with van der Waals surface area (Å²) in [5, 5.41) is 2.82. The predicted octanol–water partition coefficient (Wildman–Crippen LogP) is 2.67. The Morgan fingerprint density at radius 2 is 2.09 bits per heavy atom. The lowest BCUT2D eigenvalue weighted by Gasteiger charge is -2.28. The Labute approximate surface area is 192 Å². The smallest absolute Gasteiger partial charge is 0.415 e. The Morgan fingerprint density at radius 1 is 1.22 bits per heavy atom. The van der Waals surface area contributed by atoms with Crippen LogP contribution in [0.15, 0.2) is 30.3 Å².